The van der Waals surface area contributed by atoms with Gasteiger partial charge in [0.05, 0.1) is 6.54 Å². The maximum atomic E-state index is 5.30. The molecule has 0 saturated carbocycles. The number of piperazine rings is 1. The van der Waals surface area contributed by atoms with Crippen molar-refractivity contribution in [2.24, 2.45) is 16.5 Å². The summed E-state index contributed by atoms with van der Waals surface area (Å²) in [6.07, 6.45) is 0. The van der Waals surface area contributed by atoms with Gasteiger partial charge in [-0.15, -0.1) is 0 Å². The zero-order valence-electron chi connectivity index (χ0n) is 9.98. The van der Waals surface area contributed by atoms with Gasteiger partial charge in [0.25, 0.3) is 0 Å². The molecule has 2 atom stereocenters. The molecule has 0 aromatic rings. The number of rotatable bonds is 3. The lowest BCUT2D eigenvalue weighted by molar-refractivity contribution is 0.0553. The molecule has 5 nitrogen and oxygen atoms in total. The molecule has 0 aromatic heterocycles. The van der Waals surface area contributed by atoms with Crippen LogP contribution < -0.4 is 11.5 Å². The third-order valence-electron chi connectivity index (χ3n) is 2.94. The van der Waals surface area contributed by atoms with Gasteiger partial charge in [-0.25, -0.2) is 0 Å². The Morgan fingerprint density at radius 2 is 1.80 bits per heavy atom. The first-order valence-corrected chi connectivity index (χ1v) is 5.50. The van der Waals surface area contributed by atoms with E-state index in [0.717, 1.165) is 19.6 Å². The van der Waals surface area contributed by atoms with Crippen LogP contribution >= 0.6 is 0 Å². The van der Waals surface area contributed by atoms with Crippen LogP contribution in [0.3, 0.4) is 0 Å². The first-order valence-electron chi connectivity index (χ1n) is 5.50. The molecule has 0 aromatic carbocycles. The molecular formula is C10H23N5. The molecule has 1 aliphatic rings. The second kappa shape index (κ2) is 5.32. The molecule has 0 aliphatic carbocycles. The lowest BCUT2D eigenvalue weighted by Crippen LogP contribution is -2.56. The third kappa shape index (κ3) is 3.68. The van der Waals surface area contributed by atoms with Crippen LogP contribution in [-0.4, -0.2) is 61.1 Å². The van der Waals surface area contributed by atoms with E-state index in [0.29, 0.717) is 18.6 Å². The average molecular weight is 213 g/mol. The number of nitrogens with zero attached hydrogens (tertiary/aromatic N) is 3. The SMILES string of the molecule is C[C@@H]1CN(C)C[C@H](C)N1CCN=C(N)N. The molecule has 0 spiro atoms. The molecule has 88 valence electrons. The van der Waals surface area contributed by atoms with E-state index in [1.807, 2.05) is 0 Å². The van der Waals surface area contributed by atoms with Gasteiger partial charge in [-0.05, 0) is 20.9 Å². The lowest BCUT2D eigenvalue weighted by Gasteiger charge is -2.43. The summed E-state index contributed by atoms with van der Waals surface area (Å²) < 4.78 is 0. The fourth-order valence-corrected chi connectivity index (χ4v) is 2.36. The van der Waals surface area contributed by atoms with Gasteiger partial charge in [-0.3, -0.25) is 9.89 Å². The molecule has 1 rings (SSSR count). The van der Waals surface area contributed by atoms with Crippen molar-refractivity contribution < 1.29 is 0 Å². The summed E-state index contributed by atoms with van der Waals surface area (Å²) in [4.78, 5) is 8.86. The van der Waals surface area contributed by atoms with Gasteiger partial charge in [-0.1, -0.05) is 0 Å². The summed E-state index contributed by atoms with van der Waals surface area (Å²) in [6.45, 7) is 8.37. The van der Waals surface area contributed by atoms with Gasteiger partial charge in [0.1, 0.15) is 0 Å². The summed E-state index contributed by atoms with van der Waals surface area (Å²) >= 11 is 0. The molecule has 1 aliphatic heterocycles. The second-order valence-corrected chi connectivity index (χ2v) is 4.46. The predicted molar refractivity (Wildman–Crippen MR) is 63.8 cm³/mol. The quantitative estimate of drug-likeness (QED) is 0.480. The Kier molecular flexibility index (Phi) is 4.35. The summed E-state index contributed by atoms with van der Waals surface area (Å²) in [6, 6.07) is 1.15. The number of nitrogens with two attached hydrogens (primary N) is 2. The van der Waals surface area contributed by atoms with Crippen molar-refractivity contribution in [2.45, 2.75) is 25.9 Å². The standard InChI is InChI=1S/C10H23N5/c1-8-6-14(3)7-9(2)15(8)5-4-13-10(11)12/h8-9H,4-7H2,1-3H3,(H4,11,12,13)/t8-,9+. The van der Waals surface area contributed by atoms with Crippen molar-refractivity contribution in [3.05, 3.63) is 0 Å². The van der Waals surface area contributed by atoms with Gasteiger partial charge in [0.2, 0.25) is 0 Å². The molecule has 5 heteroatoms. The molecule has 1 heterocycles. The number of hydrogen-bond acceptors (Lipinski definition) is 3. The van der Waals surface area contributed by atoms with Crippen LogP contribution in [0.4, 0.5) is 0 Å². The number of aliphatic imine (C=N–C) groups is 1. The van der Waals surface area contributed by atoms with E-state index in [9.17, 15) is 0 Å². The zero-order chi connectivity index (χ0) is 11.4. The predicted octanol–water partition coefficient (Wildman–Crippen LogP) is -0.716. The van der Waals surface area contributed by atoms with Gasteiger partial charge < -0.3 is 16.4 Å². The Labute approximate surface area is 92.1 Å². The largest absolute Gasteiger partial charge is 0.370 e. The van der Waals surface area contributed by atoms with Crippen molar-refractivity contribution in [2.75, 3.05) is 33.2 Å². The summed E-state index contributed by atoms with van der Waals surface area (Å²) in [5.41, 5.74) is 10.6. The highest BCUT2D eigenvalue weighted by molar-refractivity contribution is 5.75. The highest BCUT2D eigenvalue weighted by atomic mass is 15.3. The van der Waals surface area contributed by atoms with E-state index >= 15 is 0 Å². The molecular weight excluding hydrogens is 190 g/mol. The summed E-state index contributed by atoms with van der Waals surface area (Å²) in [7, 11) is 2.17. The van der Waals surface area contributed by atoms with Gasteiger partial charge >= 0.3 is 0 Å². The van der Waals surface area contributed by atoms with Crippen molar-refractivity contribution in [1.29, 1.82) is 0 Å². The van der Waals surface area contributed by atoms with Crippen molar-refractivity contribution in [3.63, 3.8) is 0 Å². The number of hydrogen-bond donors (Lipinski definition) is 2. The van der Waals surface area contributed by atoms with E-state index in [4.69, 9.17) is 11.5 Å². The van der Waals surface area contributed by atoms with E-state index in [-0.39, 0.29) is 5.96 Å². The smallest absolute Gasteiger partial charge is 0.185 e. The van der Waals surface area contributed by atoms with E-state index in [2.05, 4.69) is 35.7 Å². The molecule has 1 saturated heterocycles. The fraction of sp³-hybridized carbons (Fsp3) is 0.900. The van der Waals surface area contributed by atoms with E-state index in [1.54, 1.807) is 0 Å². The maximum Gasteiger partial charge on any atom is 0.185 e. The topological polar surface area (TPSA) is 70.9 Å². The second-order valence-electron chi connectivity index (χ2n) is 4.46. The monoisotopic (exact) mass is 213 g/mol. The number of likely N-dealkylation sites (N-methyl/N-ethyl adjacent to an activating group) is 1. The molecule has 0 radical (unpaired) electrons. The van der Waals surface area contributed by atoms with Crippen molar-refractivity contribution in [1.82, 2.24) is 9.80 Å². The Hall–Kier alpha value is -0.810. The average Bonchev–Trinajstić information content (AvgIpc) is 2.08. The van der Waals surface area contributed by atoms with E-state index in [1.165, 1.54) is 0 Å². The summed E-state index contributed by atoms with van der Waals surface area (Å²) in [5, 5.41) is 0. The van der Waals surface area contributed by atoms with Crippen LogP contribution in [0.1, 0.15) is 13.8 Å². The molecule has 0 amide bonds. The zero-order valence-corrected chi connectivity index (χ0v) is 9.98. The minimum absolute atomic E-state index is 0.185. The highest BCUT2D eigenvalue weighted by Crippen LogP contribution is 2.13. The van der Waals surface area contributed by atoms with Crippen molar-refractivity contribution >= 4 is 5.96 Å². The van der Waals surface area contributed by atoms with Crippen LogP contribution in [0.25, 0.3) is 0 Å². The first kappa shape index (κ1) is 12.3. The fourth-order valence-electron chi connectivity index (χ4n) is 2.36. The lowest BCUT2D eigenvalue weighted by atomic mass is 10.1. The molecule has 1 fully saturated rings. The van der Waals surface area contributed by atoms with Crippen LogP contribution in [0, 0.1) is 0 Å². The Morgan fingerprint density at radius 3 is 2.27 bits per heavy atom. The normalized spacial score (nSPS) is 29.0. The van der Waals surface area contributed by atoms with Crippen LogP contribution in [-0.2, 0) is 0 Å². The maximum absolute atomic E-state index is 5.30. The Bertz CT molecular complexity index is 212. The van der Waals surface area contributed by atoms with Gasteiger partial charge in [0, 0.05) is 31.7 Å². The van der Waals surface area contributed by atoms with Crippen LogP contribution in [0.2, 0.25) is 0 Å². The Morgan fingerprint density at radius 1 is 1.27 bits per heavy atom. The molecule has 4 N–H and O–H groups in total. The summed E-state index contributed by atoms with van der Waals surface area (Å²) in [5.74, 6) is 0.185. The Balaban J connectivity index is 2.42. The third-order valence-corrected chi connectivity index (χ3v) is 2.94. The first-order chi connectivity index (χ1) is 7.00. The van der Waals surface area contributed by atoms with Gasteiger partial charge in [0.15, 0.2) is 5.96 Å². The minimum Gasteiger partial charge on any atom is -0.370 e. The van der Waals surface area contributed by atoms with Crippen molar-refractivity contribution in [3.8, 4) is 0 Å². The van der Waals surface area contributed by atoms with Crippen LogP contribution in [0.15, 0.2) is 4.99 Å². The molecule has 0 unspecified atom stereocenters. The molecule has 0 bridgehead atoms. The molecule has 15 heavy (non-hydrogen) atoms. The highest BCUT2D eigenvalue weighted by Gasteiger charge is 2.26. The minimum atomic E-state index is 0.185. The van der Waals surface area contributed by atoms with E-state index < -0.39 is 0 Å². The number of guanidine groups is 1. The van der Waals surface area contributed by atoms with Crippen LogP contribution in [0.5, 0.6) is 0 Å². The van der Waals surface area contributed by atoms with Gasteiger partial charge in [-0.2, -0.15) is 0 Å².